The molecule has 0 radical (unpaired) electrons. The second kappa shape index (κ2) is 5.15. The van der Waals surface area contributed by atoms with E-state index in [0.29, 0.717) is 18.5 Å². The Bertz CT molecular complexity index is 257. The van der Waals surface area contributed by atoms with Gasteiger partial charge in [0.1, 0.15) is 0 Å². The van der Waals surface area contributed by atoms with Crippen molar-refractivity contribution in [3.8, 4) is 0 Å². The fourth-order valence-corrected chi connectivity index (χ4v) is 2.97. The molecule has 2 rings (SSSR count). The molecule has 2 N–H and O–H groups in total. The first-order chi connectivity index (χ1) is 7.74. The van der Waals surface area contributed by atoms with Crippen LogP contribution in [0.4, 0.5) is 0 Å². The van der Waals surface area contributed by atoms with Crippen LogP contribution < -0.4 is 5.73 Å². The third-order valence-electron chi connectivity index (χ3n) is 3.99. The topological polar surface area (TPSA) is 49.6 Å². The average molecular weight is 225 g/mol. The Hall–Kier alpha value is -0.610. The Kier molecular flexibility index (Phi) is 3.82. The highest BCUT2D eigenvalue weighted by atomic mass is 16.2. The summed E-state index contributed by atoms with van der Waals surface area (Å²) in [7, 11) is 1.90. The van der Waals surface area contributed by atoms with Crippen molar-refractivity contribution in [1.82, 2.24) is 9.80 Å². The highest BCUT2D eigenvalue weighted by molar-refractivity contribution is 5.83. The van der Waals surface area contributed by atoms with Crippen molar-refractivity contribution in [2.75, 3.05) is 26.7 Å². The first kappa shape index (κ1) is 11.9. The molecule has 2 heterocycles. The van der Waals surface area contributed by atoms with E-state index in [0.717, 1.165) is 25.9 Å². The summed E-state index contributed by atoms with van der Waals surface area (Å²) in [6, 6.07) is 0.527. The summed E-state index contributed by atoms with van der Waals surface area (Å²) in [5.41, 5.74) is 5.84. The van der Waals surface area contributed by atoms with Crippen LogP contribution in [0.15, 0.2) is 0 Å². The number of hydrogen-bond acceptors (Lipinski definition) is 3. The summed E-state index contributed by atoms with van der Waals surface area (Å²) < 4.78 is 0. The first-order valence-corrected chi connectivity index (χ1v) is 6.45. The SMILES string of the molecule is CN1CCC(N2CCCCCC2CN)C1=O. The molecule has 0 aromatic heterocycles. The van der Waals surface area contributed by atoms with Gasteiger partial charge in [-0.3, -0.25) is 9.69 Å². The van der Waals surface area contributed by atoms with E-state index in [1.807, 2.05) is 11.9 Å². The van der Waals surface area contributed by atoms with Gasteiger partial charge in [0, 0.05) is 26.2 Å². The Balaban J connectivity index is 2.07. The first-order valence-electron chi connectivity index (χ1n) is 6.45. The van der Waals surface area contributed by atoms with Crippen molar-refractivity contribution in [3.63, 3.8) is 0 Å². The third kappa shape index (κ3) is 2.23. The zero-order valence-electron chi connectivity index (χ0n) is 10.2. The number of nitrogens with two attached hydrogens (primary N) is 1. The maximum Gasteiger partial charge on any atom is 0.239 e. The molecule has 2 fully saturated rings. The van der Waals surface area contributed by atoms with Crippen molar-refractivity contribution in [2.45, 2.75) is 44.2 Å². The summed E-state index contributed by atoms with van der Waals surface area (Å²) in [5, 5.41) is 0. The molecule has 2 aliphatic heterocycles. The monoisotopic (exact) mass is 225 g/mol. The van der Waals surface area contributed by atoms with E-state index in [-0.39, 0.29) is 6.04 Å². The lowest BCUT2D eigenvalue weighted by molar-refractivity contribution is -0.131. The molecule has 0 aromatic carbocycles. The summed E-state index contributed by atoms with van der Waals surface area (Å²) in [5.74, 6) is 0.292. The molecule has 2 unspecified atom stereocenters. The molecular weight excluding hydrogens is 202 g/mol. The molecule has 0 aromatic rings. The van der Waals surface area contributed by atoms with Gasteiger partial charge in [-0.1, -0.05) is 12.8 Å². The molecule has 16 heavy (non-hydrogen) atoms. The highest BCUT2D eigenvalue weighted by Gasteiger charge is 2.37. The van der Waals surface area contributed by atoms with Crippen LogP contribution in [0.25, 0.3) is 0 Å². The van der Waals surface area contributed by atoms with E-state index in [4.69, 9.17) is 5.73 Å². The van der Waals surface area contributed by atoms with Gasteiger partial charge in [0.15, 0.2) is 0 Å². The third-order valence-corrected chi connectivity index (χ3v) is 3.99. The van der Waals surface area contributed by atoms with Crippen LogP contribution in [0.2, 0.25) is 0 Å². The van der Waals surface area contributed by atoms with Crippen LogP contribution in [0.1, 0.15) is 32.1 Å². The predicted molar refractivity (Wildman–Crippen MR) is 64.1 cm³/mol. The summed E-state index contributed by atoms with van der Waals surface area (Å²) in [4.78, 5) is 16.2. The molecule has 2 aliphatic rings. The van der Waals surface area contributed by atoms with Gasteiger partial charge in [-0.15, -0.1) is 0 Å². The van der Waals surface area contributed by atoms with Crippen molar-refractivity contribution in [3.05, 3.63) is 0 Å². The van der Waals surface area contributed by atoms with Gasteiger partial charge in [-0.05, 0) is 25.8 Å². The number of carbonyl (C=O) groups is 1. The molecule has 92 valence electrons. The normalized spacial score (nSPS) is 33.1. The van der Waals surface area contributed by atoms with Crippen molar-refractivity contribution in [2.24, 2.45) is 5.73 Å². The maximum atomic E-state index is 12.0. The van der Waals surface area contributed by atoms with Gasteiger partial charge in [0.25, 0.3) is 0 Å². The molecule has 0 saturated carbocycles. The van der Waals surface area contributed by atoms with Gasteiger partial charge in [0.2, 0.25) is 5.91 Å². The Labute approximate surface area is 97.8 Å². The van der Waals surface area contributed by atoms with Crippen LogP contribution in [-0.4, -0.2) is 54.5 Å². The quantitative estimate of drug-likeness (QED) is 0.741. The number of likely N-dealkylation sites (N-methyl/N-ethyl adjacent to an activating group) is 1. The Morgan fingerprint density at radius 2 is 2.06 bits per heavy atom. The number of hydrogen-bond donors (Lipinski definition) is 1. The molecule has 2 saturated heterocycles. The predicted octanol–water partition coefficient (Wildman–Crippen LogP) is 0.420. The van der Waals surface area contributed by atoms with Gasteiger partial charge in [-0.2, -0.15) is 0 Å². The van der Waals surface area contributed by atoms with Crippen LogP contribution in [0.5, 0.6) is 0 Å². The van der Waals surface area contributed by atoms with Gasteiger partial charge < -0.3 is 10.6 Å². The highest BCUT2D eigenvalue weighted by Crippen LogP contribution is 2.24. The van der Waals surface area contributed by atoms with Crippen molar-refractivity contribution < 1.29 is 4.79 Å². The number of nitrogens with zero attached hydrogens (tertiary/aromatic N) is 2. The fourth-order valence-electron chi connectivity index (χ4n) is 2.97. The second-order valence-electron chi connectivity index (χ2n) is 5.04. The smallest absolute Gasteiger partial charge is 0.239 e. The molecule has 4 nitrogen and oxygen atoms in total. The maximum absolute atomic E-state index is 12.0. The van der Waals surface area contributed by atoms with E-state index in [1.165, 1.54) is 19.3 Å². The summed E-state index contributed by atoms with van der Waals surface area (Å²) in [6.45, 7) is 2.64. The number of rotatable bonds is 2. The second-order valence-corrected chi connectivity index (χ2v) is 5.04. The lowest BCUT2D eigenvalue weighted by Gasteiger charge is -2.33. The molecule has 2 atom stereocenters. The molecule has 0 spiro atoms. The van der Waals surface area contributed by atoms with E-state index in [1.54, 1.807) is 0 Å². The van der Waals surface area contributed by atoms with Crippen LogP contribution in [0.3, 0.4) is 0 Å². The average Bonchev–Trinajstić information content (AvgIpc) is 2.54. The zero-order valence-corrected chi connectivity index (χ0v) is 10.2. The van der Waals surface area contributed by atoms with Crippen LogP contribution in [-0.2, 0) is 4.79 Å². The standard InChI is InChI=1S/C12H23N3O/c1-14-8-6-11(12(14)16)15-7-4-2-3-5-10(15)9-13/h10-11H,2-9,13H2,1H3. The lowest BCUT2D eigenvalue weighted by Crippen LogP contribution is -2.49. The lowest BCUT2D eigenvalue weighted by atomic mass is 10.1. The minimum Gasteiger partial charge on any atom is -0.344 e. The molecule has 4 heteroatoms. The summed E-state index contributed by atoms with van der Waals surface area (Å²) in [6.07, 6.45) is 5.89. The number of likely N-dealkylation sites (tertiary alicyclic amines) is 2. The minimum atomic E-state index is 0.108. The molecular formula is C12H23N3O. The van der Waals surface area contributed by atoms with Crippen molar-refractivity contribution >= 4 is 5.91 Å². The van der Waals surface area contributed by atoms with E-state index in [9.17, 15) is 4.79 Å². The number of amides is 1. The fraction of sp³-hybridized carbons (Fsp3) is 0.917. The number of carbonyl (C=O) groups excluding carboxylic acids is 1. The van der Waals surface area contributed by atoms with Gasteiger partial charge >= 0.3 is 0 Å². The van der Waals surface area contributed by atoms with E-state index < -0.39 is 0 Å². The summed E-state index contributed by atoms with van der Waals surface area (Å²) >= 11 is 0. The molecule has 1 amide bonds. The van der Waals surface area contributed by atoms with Crippen LogP contribution in [0, 0.1) is 0 Å². The molecule has 0 aliphatic carbocycles. The Morgan fingerprint density at radius 3 is 2.69 bits per heavy atom. The van der Waals surface area contributed by atoms with Crippen molar-refractivity contribution in [1.29, 1.82) is 0 Å². The van der Waals surface area contributed by atoms with Crippen LogP contribution >= 0.6 is 0 Å². The molecule has 0 bridgehead atoms. The van der Waals surface area contributed by atoms with E-state index in [2.05, 4.69) is 4.90 Å². The van der Waals surface area contributed by atoms with Gasteiger partial charge in [0.05, 0.1) is 6.04 Å². The zero-order chi connectivity index (χ0) is 11.5. The minimum absolute atomic E-state index is 0.108. The van der Waals surface area contributed by atoms with Gasteiger partial charge in [-0.25, -0.2) is 0 Å². The Morgan fingerprint density at radius 1 is 1.25 bits per heavy atom. The van der Waals surface area contributed by atoms with E-state index >= 15 is 0 Å². The largest absolute Gasteiger partial charge is 0.344 e.